The number of methoxy groups -OCH3 is 1. The molecule has 3 rings (SSSR count). The molecule has 5 nitrogen and oxygen atoms in total. The van der Waals surface area contributed by atoms with Gasteiger partial charge in [0.15, 0.2) is 0 Å². The van der Waals surface area contributed by atoms with Crippen LogP contribution in [0.25, 0.3) is 0 Å². The van der Waals surface area contributed by atoms with Crippen LogP contribution in [0.4, 0.5) is 5.95 Å². The van der Waals surface area contributed by atoms with Crippen molar-refractivity contribution < 1.29 is 4.74 Å². The molecule has 1 aromatic heterocycles. The van der Waals surface area contributed by atoms with E-state index in [1.54, 1.807) is 13.3 Å². The number of nitrogens with zero attached hydrogens (tertiary/aromatic N) is 3. The molecule has 2 N–H and O–H groups in total. The molecule has 2 bridgehead atoms. The van der Waals surface area contributed by atoms with Gasteiger partial charge in [0.1, 0.15) is 0 Å². The molecule has 2 fully saturated rings. The molecule has 2 aliphatic heterocycles. The van der Waals surface area contributed by atoms with Gasteiger partial charge in [-0.3, -0.25) is 0 Å². The van der Waals surface area contributed by atoms with E-state index in [1.807, 2.05) is 0 Å². The molecule has 6 heteroatoms. The number of nitrogens with two attached hydrogens (primary N) is 1. The fourth-order valence-electron chi connectivity index (χ4n) is 3.16. The first-order valence-electron chi connectivity index (χ1n) is 6.29. The van der Waals surface area contributed by atoms with Gasteiger partial charge in [-0.25, -0.2) is 4.98 Å². The quantitative estimate of drug-likeness (QED) is 0.900. The Morgan fingerprint density at radius 3 is 2.67 bits per heavy atom. The van der Waals surface area contributed by atoms with Crippen molar-refractivity contribution in [1.29, 1.82) is 0 Å². The van der Waals surface area contributed by atoms with Crippen LogP contribution in [0.3, 0.4) is 0 Å². The highest BCUT2D eigenvalue weighted by molar-refractivity contribution is 9.10. The highest BCUT2D eigenvalue weighted by atomic mass is 79.9. The van der Waals surface area contributed by atoms with Gasteiger partial charge in [-0.1, -0.05) is 0 Å². The number of fused-ring (bicyclic) bond motifs is 2. The SMILES string of the molecule is COc1nc(N2C3CCC2CC(N)C3)ncc1Br. The lowest BCUT2D eigenvalue weighted by molar-refractivity contribution is 0.385. The van der Waals surface area contributed by atoms with Crippen molar-refractivity contribution >= 4 is 21.9 Å². The smallest absolute Gasteiger partial charge is 0.232 e. The summed E-state index contributed by atoms with van der Waals surface area (Å²) in [5.74, 6) is 1.36. The van der Waals surface area contributed by atoms with Gasteiger partial charge >= 0.3 is 0 Å². The minimum absolute atomic E-state index is 0.330. The van der Waals surface area contributed by atoms with Gasteiger partial charge in [-0.05, 0) is 41.6 Å². The maximum Gasteiger partial charge on any atom is 0.232 e. The zero-order valence-electron chi connectivity index (χ0n) is 10.3. The first kappa shape index (κ1) is 12.2. The summed E-state index contributed by atoms with van der Waals surface area (Å²) in [5.41, 5.74) is 6.08. The van der Waals surface area contributed by atoms with Crippen molar-refractivity contribution in [2.24, 2.45) is 5.73 Å². The maximum absolute atomic E-state index is 6.08. The minimum atomic E-state index is 0.330. The van der Waals surface area contributed by atoms with Crippen LogP contribution in [0, 0.1) is 0 Å². The number of rotatable bonds is 2. The number of hydrogen-bond acceptors (Lipinski definition) is 5. The summed E-state index contributed by atoms with van der Waals surface area (Å²) < 4.78 is 6.03. The average Bonchev–Trinajstić information content (AvgIpc) is 2.63. The van der Waals surface area contributed by atoms with Gasteiger partial charge in [0, 0.05) is 18.1 Å². The van der Waals surface area contributed by atoms with E-state index >= 15 is 0 Å². The molecule has 2 aliphatic rings. The molecule has 18 heavy (non-hydrogen) atoms. The third kappa shape index (κ3) is 1.97. The van der Waals surface area contributed by atoms with Crippen LogP contribution in [0.5, 0.6) is 5.88 Å². The van der Waals surface area contributed by atoms with E-state index in [4.69, 9.17) is 10.5 Å². The predicted octanol–water partition coefficient (Wildman–Crippen LogP) is 1.71. The Kier molecular flexibility index (Phi) is 3.15. The number of anilines is 1. The number of hydrogen-bond donors (Lipinski definition) is 1. The van der Waals surface area contributed by atoms with Gasteiger partial charge in [0.05, 0.1) is 17.8 Å². The van der Waals surface area contributed by atoms with E-state index in [-0.39, 0.29) is 0 Å². The van der Waals surface area contributed by atoms with Crippen molar-refractivity contribution in [1.82, 2.24) is 9.97 Å². The van der Waals surface area contributed by atoms with Crippen LogP contribution in [0.2, 0.25) is 0 Å². The molecular formula is C12H17BrN4O. The average molecular weight is 313 g/mol. The molecule has 0 radical (unpaired) electrons. The summed E-state index contributed by atoms with van der Waals surface area (Å²) in [6.07, 6.45) is 6.23. The highest BCUT2D eigenvalue weighted by Gasteiger charge is 2.41. The van der Waals surface area contributed by atoms with Crippen LogP contribution < -0.4 is 15.4 Å². The predicted molar refractivity (Wildman–Crippen MR) is 72.8 cm³/mol. The monoisotopic (exact) mass is 312 g/mol. The van der Waals surface area contributed by atoms with E-state index in [9.17, 15) is 0 Å². The van der Waals surface area contributed by atoms with Crippen LogP contribution >= 0.6 is 15.9 Å². The van der Waals surface area contributed by atoms with Crippen molar-refractivity contribution in [3.63, 3.8) is 0 Å². The topological polar surface area (TPSA) is 64.3 Å². The molecular weight excluding hydrogens is 296 g/mol. The summed E-state index contributed by atoms with van der Waals surface area (Å²) >= 11 is 3.38. The Bertz CT molecular complexity index is 442. The second kappa shape index (κ2) is 4.66. The normalized spacial score (nSPS) is 30.6. The lowest BCUT2D eigenvalue weighted by atomic mass is 9.99. The van der Waals surface area contributed by atoms with Crippen LogP contribution in [0.1, 0.15) is 25.7 Å². The Balaban J connectivity index is 1.91. The second-order valence-electron chi connectivity index (χ2n) is 5.05. The summed E-state index contributed by atoms with van der Waals surface area (Å²) in [6.45, 7) is 0. The number of ether oxygens (including phenoxy) is 1. The zero-order valence-corrected chi connectivity index (χ0v) is 11.9. The van der Waals surface area contributed by atoms with Crippen LogP contribution in [0.15, 0.2) is 10.7 Å². The molecule has 2 atom stereocenters. The molecule has 0 saturated carbocycles. The molecule has 98 valence electrons. The fraction of sp³-hybridized carbons (Fsp3) is 0.667. The number of halogens is 1. The summed E-state index contributed by atoms with van der Waals surface area (Å²) in [4.78, 5) is 11.2. The number of piperidine rings is 1. The van der Waals surface area contributed by atoms with Gasteiger partial charge < -0.3 is 15.4 Å². The van der Waals surface area contributed by atoms with Crippen molar-refractivity contribution in [2.75, 3.05) is 12.0 Å². The lowest BCUT2D eigenvalue weighted by Crippen LogP contribution is -2.48. The molecule has 2 saturated heterocycles. The first-order valence-corrected chi connectivity index (χ1v) is 7.08. The number of aromatic nitrogens is 2. The lowest BCUT2D eigenvalue weighted by Gasteiger charge is -2.37. The molecule has 0 amide bonds. The fourth-order valence-corrected chi connectivity index (χ4v) is 3.51. The van der Waals surface area contributed by atoms with E-state index in [1.165, 1.54) is 12.8 Å². The molecule has 2 unspecified atom stereocenters. The second-order valence-corrected chi connectivity index (χ2v) is 5.91. The van der Waals surface area contributed by atoms with E-state index < -0.39 is 0 Å². The van der Waals surface area contributed by atoms with E-state index in [0.717, 1.165) is 23.3 Å². The van der Waals surface area contributed by atoms with Gasteiger partial charge in [0.2, 0.25) is 11.8 Å². The van der Waals surface area contributed by atoms with Crippen molar-refractivity contribution in [3.05, 3.63) is 10.7 Å². The summed E-state index contributed by atoms with van der Waals surface area (Å²) in [6, 6.07) is 1.31. The van der Waals surface area contributed by atoms with Gasteiger partial charge in [-0.15, -0.1) is 0 Å². The highest BCUT2D eigenvalue weighted by Crippen LogP contribution is 2.38. The third-order valence-electron chi connectivity index (χ3n) is 3.89. The van der Waals surface area contributed by atoms with Gasteiger partial charge in [-0.2, -0.15) is 4.98 Å². The molecule has 0 aliphatic carbocycles. The first-order chi connectivity index (χ1) is 8.69. The van der Waals surface area contributed by atoms with Crippen LogP contribution in [-0.2, 0) is 0 Å². The zero-order chi connectivity index (χ0) is 12.7. The Morgan fingerprint density at radius 2 is 2.06 bits per heavy atom. The molecule has 0 spiro atoms. The maximum atomic E-state index is 6.08. The van der Waals surface area contributed by atoms with E-state index in [2.05, 4.69) is 30.8 Å². The molecule has 3 heterocycles. The minimum Gasteiger partial charge on any atom is -0.480 e. The van der Waals surface area contributed by atoms with Crippen molar-refractivity contribution in [3.8, 4) is 5.88 Å². The Labute approximate surface area is 115 Å². The summed E-state index contributed by atoms with van der Waals surface area (Å²) in [7, 11) is 1.62. The Morgan fingerprint density at radius 1 is 1.39 bits per heavy atom. The largest absolute Gasteiger partial charge is 0.480 e. The Hall–Kier alpha value is -0.880. The van der Waals surface area contributed by atoms with E-state index in [0.29, 0.717) is 24.0 Å². The standard InChI is InChI=1S/C12H17BrN4O/c1-18-11-10(13)6-15-12(16-11)17-8-2-3-9(17)5-7(14)4-8/h6-9H,2-5,14H2,1H3. The molecule has 1 aromatic rings. The van der Waals surface area contributed by atoms with Crippen molar-refractivity contribution in [2.45, 2.75) is 43.8 Å². The van der Waals surface area contributed by atoms with Gasteiger partial charge in [0.25, 0.3) is 0 Å². The third-order valence-corrected chi connectivity index (χ3v) is 4.44. The molecule has 0 aromatic carbocycles. The van der Waals surface area contributed by atoms with Crippen LogP contribution in [-0.4, -0.2) is 35.2 Å². The summed E-state index contributed by atoms with van der Waals surface area (Å²) in [5, 5.41) is 0.